The molecule has 0 saturated heterocycles. The summed E-state index contributed by atoms with van der Waals surface area (Å²) in [7, 11) is 2.05. The second kappa shape index (κ2) is 5.13. The minimum absolute atomic E-state index is 0.622. The SMILES string of the molecule is CNC(COCCC1CCC1)C1CC1. The molecule has 0 heterocycles. The van der Waals surface area contributed by atoms with Gasteiger partial charge < -0.3 is 10.1 Å². The van der Waals surface area contributed by atoms with E-state index >= 15 is 0 Å². The van der Waals surface area contributed by atoms with Crippen LogP contribution in [0.5, 0.6) is 0 Å². The van der Waals surface area contributed by atoms with E-state index in [0.29, 0.717) is 6.04 Å². The Morgan fingerprint density at radius 2 is 2.07 bits per heavy atom. The molecule has 0 spiro atoms. The molecule has 1 unspecified atom stereocenters. The van der Waals surface area contributed by atoms with Gasteiger partial charge in [0.1, 0.15) is 0 Å². The summed E-state index contributed by atoms with van der Waals surface area (Å²) in [4.78, 5) is 0. The Labute approximate surface area is 87.4 Å². The second-order valence-electron chi connectivity index (χ2n) is 4.89. The Balaban J connectivity index is 1.48. The molecule has 1 atom stereocenters. The standard InChI is InChI=1S/C12H23NO/c1-13-12(11-5-6-11)9-14-8-7-10-3-2-4-10/h10-13H,2-9H2,1H3. The van der Waals surface area contributed by atoms with Crippen molar-refractivity contribution in [3.63, 3.8) is 0 Å². The lowest BCUT2D eigenvalue weighted by atomic mass is 9.83. The maximum absolute atomic E-state index is 5.73. The van der Waals surface area contributed by atoms with Crippen LogP contribution in [0.2, 0.25) is 0 Å². The highest BCUT2D eigenvalue weighted by Crippen LogP contribution is 2.33. The van der Waals surface area contributed by atoms with Gasteiger partial charge in [0, 0.05) is 12.6 Å². The predicted octanol–water partition coefficient (Wildman–Crippen LogP) is 2.19. The van der Waals surface area contributed by atoms with Crippen molar-refractivity contribution in [1.29, 1.82) is 0 Å². The fourth-order valence-corrected chi connectivity index (χ4v) is 2.20. The van der Waals surface area contributed by atoms with Crippen molar-refractivity contribution in [2.75, 3.05) is 20.3 Å². The molecular formula is C12H23NO. The zero-order valence-electron chi connectivity index (χ0n) is 9.30. The third-order valence-corrected chi connectivity index (χ3v) is 3.75. The van der Waals surface area contributed by atoms with Crippen molar-refractivity contribution in [2.24, 2.45) is 11.8 Å². The van der Waals surface area contributed by atoms with Crippen molar-refractivity contribution >= 4 is 0 Å². The van der Waals surface area contributed by atoms with Gasteiger partial charge in [-0.2, -0.15) is 0 Å². The van der Waals surface area contributed by atoms with Gasteiger partial charge in [-0.05, 0) is 38.1 Å². The van der Waals surface area contributed by atoms with Crippen LogP contribution in [0.15, 0.2) is 0 Å². The summed E-state index contributed by atoms with van der Waals surface area (Å²) >= 11 is 0. The van der Waals surface area contributed by atoms with Gasteiger partial charge in [-0.25, -0.2) is 0 Å². The molecule has 2 heteroatoms. The van der Waals surface area contributed by atoms with Gasteiger partial charge in [0.15, 0.2) is 0 Å². The zero-order chi connectivity index (χ0) is 9.80. The average Bonchev–Trinajstić information content (AvgIpc) is 2.91. The van der Waals surface area contributed by atoms with E-state index in [1.54, 1.807) is 0 Å². The van der Waals surface area contributed by atoms with Crippen LogP contribution in [0.4, 0.5) is 0 Å². The Morgan fingerprint density at radius 1 is 1.29 bits per heavy atom. The number of hydrogen-bond donors (Lipinski definition) is 1. The van der Waals surface area contributed by atoms with Crippen molar-refractivity contribution in [3.8, 4) is 0 Å². The Kier molecular flexibility index (Phi) is 3.82. The van der Waals surface area contributed by atoms with Gasteiger partial charge in [-0.3, -0.25) is 0 Å². The molecule has 0 aliphatic heterocycles. The highest BCUT2D eigenvalue weighted by molar-refractivity contribution is 4.85. The fraction of sp³-hybridized carbons (Fsp3) is 1.00. The zero-order valence-corrected chi connectivity index (χ0v) is 9.30. The molecule has 0 aromatic rings. The van der Waals surface area contributed by atoms with Crippen LogP contribution in [-0.4, -0.2) is 26.3 Å². The molecule has 82 valence electrons. The van der Waals surface area contributed by atoms with Crippen LogP contribution in [0, 0.1) is 11.8 Å². The Morgan fingerprint density at radius 3 is 2.57 bits per heavy atom. The molecule has 1 N–H and O–H groups in total. The third-order valence-electron chi connectivity index (χ3n) is 3.75. The number of rotatable bonds is 7. The molecule has 2 rings (SSSR count). The Bertz CT molecular complexity index is 164. The quantitative estimate of drug-likeness (QED) is 0.632. The van der Waals surface area contributed by atoms with E-state index in [2.05, 4.69) is 12.4 Å². The summed E-state index contributed by atoms with van der Waals surface area (Å²) in [5, 5.41) is 3.36. The first-order valence-electron chi connectivity index (χ1n) is 6.15. The van der Waals surface area contributed by atoms with Crippen molar-refractivity contribution < 1.29 is 4.74 Å². The van der Waals surface area contributed by atoms with E-state index in [-0.39, 0.29) is 0 Å². The van der Waals surface area contributed by atoms with Crippen LogP contribution < -0.4 is 5.32 Å². The van der Waals surface area contributed by atoms with Crippen LogP contribution in [0.1, 0.15) is 38.5 Å². The smallest absolute Gasteiger partial charge is 0.0622 e. The van der Waals surface area contributed by atoms with Gasteiger partial charge in [-0.1, -0.05) is 19.3 Å². The molecule has 0 aromatic carbocycles. The van der Waals surface area contributed by atoms with E-state index < -0.39 is 0 Å². The molecule has 14 heavy (non-hydrogen) atoms. The molecule has 0 aromatic heterocycles. The monoisotopic (exact) mass is 197 g/mol. The van der Waals surface area contributed by atoms with E-state index in [0.717, 1.165) is 25.0 Å². The van der Waals surface area contributed by atoms with Crippen molar-refractivity contribution in [3.05, 3.63) is 0 Å². The number of hydrogen-bond acceptors (Lipinski definition) is 2. The summed E-state index contributed by atoms with van der Waals surface area (Å²) < 4.78 is 5.73. The largest absolute Gasteiger partial charge is 0.380 e. The fourth-order valence-electron chi connectivity index (χ4n) is 2.20. The lowest BCUT2D eigenvalue weighted by Gasteiger charge is -2.25. The van der Waals surface area contributed by atoms with E-state index in [1.807, 2.05) is 0 Å². The molecule has 2 aliphatic rings. The van der Waals surface area contributed by atoms with Crippen molar-refractivity contribution in [2.45, 2.75) is 44.6 Å². The van der Waals surface area contributed by atoms with Crippen LogP contribution >= 0.6 is 0 Å². The topological polar surface area (TPSA) is 21.3 Å². The molecule has 2 fully saturated rings. The lowest BCUT2D eigenvalue weighted by Crippen LogP contribution is -2.32. The maximum Gasteiger partial charge on any atom is 0.0622 e. The second-order valence-corrected chi connectivity index (χ2v) is 4.89. The van der Waals surface area contributed by atoms with Crippen LogP contribution in [-0.2, 0) is 4.74 Å². The van der Waals surface area contributed by atoms with Gasteiger partial charge in [-0.15, -0.1) is 0 Å². The molecule has 2 nitrogen and oxygen atoms in total. The van der Waals surface area contributed by atoms with Gasteiger partial charge in [0.25, 0.3) is 0 Å². The van der Waals surface area contributed by atoms with Gasteiger partial charge in [0.2, 0.25) is 0 Å². The maximum atomic E-state index is 5.73. The first-order valence-corrected chi connectivity index (χ1v) is 6.15. The summed E-state index contributed by atoms with van der Waals surface area (Å²) in [6.45, 7) is 1.91. The number of nitrogens with one attached hydrogen (secondary N) is 1. The third kappa shape index (κ3) is 2.96. The summed E-state index contributed by atoms with van der Waals surface area (Å²) in [5.74, 6) is 1.90. The minimum atomic E-state index is 0.622. The summed E-state index contributed by atoms with van der Waals surface area (Å²) in [5.41, 5.74) is 0. The number of likely N-dealkylation sites (N-methyl/N-ethyl adjacent to an activating group) is 1. The molecule has 0 amide bonds. The van der Waals surface area contributed by atoms with E-state index in [4.69, 9.17) is 4.74 Å². The molecule has 0 bridgehead atoms. The molecular weight excluding hydrogens is 174 g/mol. The first kappa shape index (κ1) is 10.4. The van der Waals surface area contributed by atoms with Crippen molar-refractivity contribution in [1.82, 2.24) is 5.32 Å². The van der Waals surface area contributed by atoms with Gasteiger partial charge >= 0.3 is 0 Å². The normalized spacial score (nSPS) is 24.6. The highest BCUT2D eigenvalue weighted by Gasteiger charge is 2.30. The first-order chi connectivity index (χ1) is 6.90. The summed E-state index contributed by atoms with van der Waals surface area (Å²) in [6, 6.07) is 0.622. The van der Waals surface area contributed by atoms with Gasteiger partial charge in [0.05, 0.1) is 6.61 Å². The minimum Gasteiger partial charge on any atom is -0.380 e. The Hall–Kier alpha value is -0.0800. The average molecular weight is 197 g/mol. The van der Waals surface area contributed by atoms with Crippen LogP contribution in [0.3, 0.4) is 0 Å². The summed E-state index contributed by atoms with van der Waals surface area (Å²) in [6.07, 6.45) is 8.44. The molecule has 2 saturated carbocycles. The number of ether oxygens (including phenoxy) is 1. The highest BCUT2D eigenvalue weighted by atomic mass is 16.5. The lowest BCUT2D eigenvalue weighted by molar-refractivity contribution is 0.0860. The van der Waals surface area contributed by atoms with E-state index in [9.17, 15) is 0 Å². The predicted molar refractivity (Wildman–Crippen MR) is 58.3 cm³/mol. The van der Waals surface area contributed by atoms with Crippen LogP contribution in [0.25, 0.3) is 0 Å². The molecule has 0 radical (unpaired) electrons. The van der Waals surface area contributed by atoms with E-state index in [1.165, 1.54) is 38.5 Å². The molecule has 2 aliphatic carbocycles.